The molecule has 1 aliphatic heterocycles. The molecule has 4 heteroatoms. The van der Waals surface area contributed by atoms with Gasteiger partial charge in [-0.2, -0.15) is 0 Å². The molecule has 0 spiro atoms. The third-order valence-electron chi connectivity index (χ3n) is 5.95. The number of benzene rings is 1. The monoisotopic (exact) mass is 377 g/mol. The predicted octanol–water partition coefficient (Wildman–Crippen LogP) is 5.54. The Morgan fingerprint density at radius 1 is 0.852 bits per heavy atom. The van der Waals surface area contributed by atoms with Crippen LogP contribution >= 0.6 is 11.3 Å². The van der Waals surface area contributed by atoms with Crippen LogP contribution in [0, 0.1) is 0 Å². The van der Waals surface area contributed by atoms with Gasteiger partial charge >= 0.3 is 0 Å². The summed E-state index contributed by atoms with van der Waals surface area (Å²) in [4.78, 5) is 15.6. The summed E-state index contributed by atoms with van der Waals surface area (Å²) < 4.78 is 0. The van der Waals surface area contributed by atoms with E-state index in [0.29, 0.717) is 0 Å². The third kappa shape index (κ3) is 3.47. The molecule has 0 unspecified atom stereocenters. The van der Waals surface area contributed by atoms with Gasteiger partial charge in [0.25, 0.3) is 0 Å². The molecule has 27 heavy (non-hydrogen) atoms. The highest BCUT2D eigenvalue weighted by Gasteiger charge is 2.24. The van der Waals surface area contributed by atoms with Crippen molar-refractivity contribution in [2.24, 2.45) is 0 Å². The molecule has 3 aromatic rings. The second-order valence-corrected chi connectivity index (χ2v) is 9.00. The lowest BCUT2D eigenvalue weighted by Gasteiger charge is -2.24. The van der Waals surface area contributed by atoms with Gasteiger partial charge in [-0.1, -0.05) is 43.2 Å². The van der Waals surface area contributed by atoms with Crippen LogP contribution in [0.4, 0.5) is 5.82 Å². The Bertz CT molecular complexity index is 924. The molecular weight excluding hydrogens is 350 g/mol. The minimum atomic E-state index is 0.820. The van der Waals surface area contributed by atoms with Gasteiger partial charge in [-0.3, -0.25) is 0 Å². The van der Waals surface area contributed by atoms with E-state index in [-0.39, 0.29) is 0 Å². The average molecular weight is 378 g/mol. The Morgan fingerprint density at radius 2 is 1.63 bits per heavy atom. The van der Waals surface area contributed by atoms with E-state index in [9.17, 15) is 0 Å². The zero-order valence-corrected chi connectivity index (χ0v) is 16.7. The predicted molar refractivity (Wildman–Crippen MR) is 114 cm³/mol. The molecule has 5 rings (SSSR count). The van der Waals surface area contributed by atoms with Crippen LogP contribution in [-0.4, -0.2) is 23.1 Å². The van der Waals surface area contributed by atoms with Gasteiger partial charge < -0.3 is 4.90 Å². The van der Waals surface area contributed by atoms with E-state index in [2.05, 4.69) is 35.2 Å². The molecule has 140 valence electrons. The zero-order valence-electron chi connectivity index (χ0n) is 15.9. The van der Waals surface area contributed by atoms with Gasteiger partial charge in [0.15, 0.2) is 0 Å². The number of rotatable bonds is 3. The van der Waals surface area contributed by atoms with Crippen molar-refractivity contribution in [1.82, 2.24) is 9.97 Å². The summed E-state index contributed by atoms with van der Waals surface area (Å²) in [5.74, 6) is 2.21. The normalized spacial score (nSPS) is 17.7. The molecule has 2 aliphatic rings. The summed E-state index contributed by atoms with van der Waals surface area (Å²) in [7, 11) is 0. The smallest absolute Gasteiger partial charge is 0.141 e. The van der Waals surface area contributed by atoms with Crippen LogP contribution < -0.4 is 4.90 Å². The van der Waals surface area contributed by atoms with Gasteiger partial charge in [0.1, 0.15) is 16.5 Å². The third-order valence-corrected chi connectivity index (χ3v) is 7.14. The fraction of sp³-hybridized carbons (Fsp3) is 0.478. The molecule has 3 heterocycles. The second kappa shape index (κ2) is 7.59. The summed E-state index contributed by atoms with van der Waals surface area (Å²) in [6.07, 6.45) is 11.2. The van der Waals surface area contributed by atoms with E-state index < -0.39 is 0 Å². The lowest BCUT2D eigenvalue weighted by Crippen LogP contribution is -2.26. The summed E-state index contributed by atoms with van der Waals surface area (Å²) >= 11 is 1.93. The number of fused-ring (bicyclic) bond motifs is 3. The van der Waals surface area contributed by atoms with Crippen LogP contribution in [0.2, 0.25) is 0 Å². The van der Waals surface area contributed by atoms with Crippen LogP contribution in [0.5, 0.6) is 0 Å². The molecule has 1 fully saturated rings. The molecular formula is C23H27N3S. The molecule has 0 bridgehead atoms. The van der Waals surface area contributed by atoms with E-state index in [1.807, 2.05) is 11.3 Å². The summed E-state index contributed by atoms with van der Waals surface area (Å²) in [6, 6.07) is 10.6. The number of nitrogens with zero attached hydrogens (tertiary/aromatic N) is 3. The number of thiophene rings is 1. The van der Waals surface area contributed by atoms with Crippen LogP contribution in [0.3, 0.4) is 0 Å². The molecule has 0 N–H and O–H groups in total. The van der Waals surface area contributed by atoms with Crippen LogP contribution in [0.25, 0.3) is 10.2 Å². The Hall–Kier alpha value is -1.94. The van der Waals surface area contributed by atoms with Crippen LogP contribution in [0.1, 0.15) is 60.4 Å². The molecule has 0 saturated carbocycles. The van der Waals surface area contributed by atoms with Gasteiger partial charge in [-0.15, -0.1) is 11.3 Å². The standard InChI is InChI=1S/C23H27N3S/c1-2-9-15-26(14-8-1)22-21-18-12-6-7-13-19(18)27-23(21)25-20(24-22)16-17-10-4-3-5-11-17/h3-5,10-11H,1-2,6-9,12-16H2. The molecule has 1 aliphatic carbocycles. The number of aryl methyl sites for hydroxylation is 2. The number of hydrogen-bond donors (Lipinski definition) is 0. The maximum atomic E-state index is 5.16. The van der Waals surface area contributed by atoms with Gasteiger partial charge in [0.05, 0.1) is 5.39 Å². The van der Waals surface area contributed by atoms with Gasteiger partial charge in [-0.25, -0.2) is 9.97 Å². The first-order chi connectivity index (χ1) is 13.4. The highest BCUT2D eigenvalue weighted by Crippen LogP contribution is 2.40. The van der Waals surface area contributed by atoms with Gasteiger partial charge in [0, 0.05) is 24.4 Å². The first-order valence-electron chi connectivity index (χ1n) is 10.5. The van der Waals surface area contributed by atoms with Crippen LogP contribution in [0.15, 0.2) is 30.3 Å². The summed E-state index contributed by atoms with van der Waals surface area (Å²) in [5.41, 5.74) is 2.85. The Balaban J connectivity index is 1.62. The number of hydrogen-bond acceptors (Lipinski definition) is 4. The Kier molecular flexibility index (Phi) is 4.83. The fourth-order valence-corrected chi connectivity index (χ4v) is 5.82. The summed E-state index contributed by atoms with van der Waals surface area (Å²) in [6.45, 7) is 2.28. The van der Waals surface area contributed by atoms with E-state index in [1.54, 1.807) is 10.4 Å². The van der Waals surface area contributed by atoms with Crippen molar-refractivity contribution in [1.29, 1.82) is 0 Å². The minimum Gasteiger partial charge on any atom is -0.356 e. The largest absolute Gasteiger partial charge is 0.356 e. The molecule has 1 aromatic carbocycles. The first-order valence-corrected chi connectivity index (χ1v) is 11.3. The van der Waals surface area contributed by atoms with Crippen molar-refractivity contribution in [2.75, 3.05) is 18.0 Å². The zero-order chi connectivity index (χ0) is 18.1. The molecule has 1 saturated heterocycles. The lowest BCUT2D eigenvalue weighted by molar-refractivity contribution is 0.699. The minimum absolute atomic E-state index is 0.820. The van der Waals surface area contributed by atoms with Crippen molar-refractivity contribution in [2.45, 2.75) is 57.8 Å². The van der Waals surface area contributed by atoms with Gasteiger partial charge in [-0.05, 0) is 49.7 Å². The molecule has 3 nitrogen and oxygen atoms in total. The molecule has 0 amide bonds. The number of anilines is 1. The fourth-order valence-electron chi connectivity index (χ4n) is 4.55. The van der Waals surface area contributed by atoms with E-state index in [1.165, 1.54) is 73.0 Å². The molecule has 2 aromatic heterocycles. The Morgan fingerprint density at radius 3 is 2.44 bits per heavy atom. The van der Waals surface area contributed by atoms with Crippen molar-refractivity contribution in [3.8, 4) is 0 Å². The quantitative estimate of drug-likeness (QED) is 0.600. The SMILES string of the molecule is c1ccc(Cc2nc(N3CCCCCC3)c3c4c(sc3n2)CCCC4)cc1. The topological polar surface area (TPSA) is 29.0 Å². The van der Waals surface area contributed by atoms with E-state index >= 15 is 0 Å². The summed E-state index contributed by atoms with van der Waals surface area (Å²) in [5, 5.41) is 1.38. The molecule has 0 atom stereocenters. The lowest BCUT2D eigenvalue weighted by atomic mass is 9.97. The van der Waals surface area contributed by atoms with Crippen molar-refractivity contribution >= 4 is 27.4 Å². The van der Waals surface area contributed by atoms with Crippen molar-refractivity contribution < 1.29 is 0 Å². The van der Waals surface area contributed by atoms with Crippen molar-refractivity contribution in [3.63, 3.8) is 0 Å². The van der Waals surface area contributed by atoms with Gasteiger partial charge in [0.2, 0.25) is 0 Å². The highest BCUT2D eigenvalue weighted by molar-refractivity contribution is 7.19. The molecule has 0 radical (unpaired) electrons. The number of aromatic nitrogens is 2. The first kappa shape index (κ1) is 17.2. The van der Waals surface area contributed by atoms with E-state index in [4.69, 9.17) is 9.97 Å². The second-order valence-electron chi connectivity index (χ2n) is 7.92. The van der Waals surface area contributed by atoms with Crippen molar-refractivity contribution in [3.05, 3.63) is 52.2 Å². The maximum absolute atomic E-state index is 5.16. The van der Waals surface area contributed by atoms with E-state index in [0.717, 1.165) is 25.3 Å². The maximum Gasteiger partial charge on any atom is 0.141 e. The highest BCUT2D eigenvalue weighted by atomic mass is 32.1. The average Bonchev–Trinajstić information content (AvgIpc) is 2.87. The van der Waals surface area contributed by atoms with Crippen LogP contribution in [-0.2, 0) is 19.3 Å². The Labute approximate surface area is 165 Å².